The summed E-state index contributed by atoms with van der Waals surface area (Å²) in [5, 5.41) is 0. The van der Waals surface area contributed by atoms with E-state index in [-0.39, 0.29) is 11.5 Å². The van der Waals surface area contributed by atoms with Crippen LogP contribution in [0.15, 0.2) is 30.3 Å². The van der Waals surface area contributed by atoms with Crippen LogP contribution in [0.5, 0.6) is 0 Å². The van der Waals surface area contributed by atoms with Gasteiger partial charge in [0.25, 0.3) is 0 Å². The Labute approximate surface area is 132 Å². The number of benzene rings is 1. The number of nitrogens with zero attached hydrogens (tertiary/aromatic N) is 1. The number of carbonyl (C=O) groups is 1. The third-order valence-electron chi connectivity index (χ3n) is 5.42. The van der Waals surface area contributed by atoms with Gasteiger partial charge in [0.15, 0.2) is 0 Å². The molecule has 2 aliphatic rings. The Hall–Kier alpha value is -1.55. The van der Waals surface area contributed by atoms with Crippen LogP contribution >= 0.6 is 0 Å². The van der Waals surface area contributed by atoms with Crippen LogP contribution in [0.3, 0.4) is 0 Å². The second-order valence-corrected chi connectivity index (χ2v) is 7.04. The molecule has 0 aromatic heterocycles. The lowest BCUT2D eigenvalue weighted by Gasteiger charge is -2.41. The SMILES string of the molecule is C[C@H]1C[C@H](N)C2(CCN(C(=O)OCc3ccccc3)CC2)C1. The number of hydrogen-bond donors (Lipinski definition) is 1. The first-order valence-corrected chi connectivity index (χ1v) is 8.30. The van der Waals surface area contributed by atoms with Crippen LogP contribution in [0.2, 0.25) is 0 Å². The Balaban J connectivity index is 1.50. The Kier molecular flexibility index (Phi) is 4.39. The lowest BCUT2D eigenvalue weighted by Crippen LogP contribution is -2.48. The predicted molar refractivity (Wildman–Crippen MR) is 86.2 cm³/mol. The molecule has 0 radical (unpaired) electrons. The summed E-state index contributed by atoms with van der Waals surface area (Å²) in [6.07, 6.45) is 4.16. The number of nitrogens with two attached hydrogens (primary N) is 1. The van der Waals surface area contributed by atoms with E-state index in [2.05, 4.69) is 6.92 Å². The number of hydrogen-bond acceptors (Lipinski definition) is 3. The van der Waals surface area contributed by atoms with E-state index in [1.807, 2.05) is 35.2 Å². The summed E-state index contributed by atoms with van der Waals surface area (Å²) in [6, 6.07) is 10.1. The molecule has 1 spiro atoms. The first-order valence-electron chi connectivity index (χ1n) is 8.30. The van der Waals surface area contributed by atoms with Crippen molar-refractivity contribution in [2.45, 2.75) is 45.3 Å². The first-order chi connectivity index (χ1) is 10.6. The van der Waals surface area contributed by atoms with Crippen molar-refractivity contribution < 1.29 is 9.53 Å². The summed E-state index contributed by atoms with van der Waals surface area (Å²) in [7, 11) is 0. The molecule has 2 N–H and O–H groups in total. The van der Waals surface area contributed by atoms with Gasteiger partial charge in [0.05, 0.1) is 0 Å². The van der Waals surface area contributed by atoms with Gasteiger partial charge < -0.3 is 15.4 Å². The minimum absolute atomic E-state index is 0.196. The Morgan fingerprint density at radius 2 is 2.00 bits per heavy atom. The smallest absolute Gasteiger partial charge is 0.410 e. The summed E-state index contributed by atoms with van der Waals surface area (Å²) in [6.45, 7) is 4.18. The van der Waals surface area contributed by atoms with E-state index in [0.717, 1.165) is 37.9 Å². The van der Waals surface area contributed by atoms with Gasteiger partial charge in [-0.2, -0.15) is 0 Å². The standard InChI is InChI=1S/C18H26N2O2/c1-14-11-16(19)18(12-14)7-9-20(10-8-18)17(21)22-13-15-5-3-2-4-6-15/h2-6,14,16H,7-13,19H2,1H3/t14-,16-/m0/s1. The van der Waals surface area contributed by atoms with E-state index in [1.165, 1.54) is 6.42 Å². The molecule has 22 heavy (non-hydrogen) atoms. The zero-order chi connectivity index (χ0) is 15.6. The van der Waals surface area contributed by atoms with Gasteiger partial charge in [-0.05, 0) is 42.6 Å². The zero-order valence-corrected chi connectivity index (χ0v) is 13.3. The van der Waals surface area contributed by atoms with Crippen molar-refractivity contribution in [3.8, 4) is 0 Å². The predicted octanol–water partition coefficient (Wildman–Crippen LogP) is 3.16. The summed E-state index contributed by atoms with van der Waals surface area (Å²) in [5.41, 5.74) is 7.64. The molecule has 0 bridgehead atoms. The van der Waals surface area contributed by atoms with Crippen LogP contribution in [-0.4, -0.2) is 30.1 Å². The molecule has 2 fully saturated rings. The number of amides is 1. The van der Waals surface area contributed by atoms with Gasteiger partial charge in [0.1, 0.15) is 6.61 Å². The zero-order valence-electron chi connectivity index (χ0n) is 13.3. The minimum atomic E-state index is -0.196. The molecule has 1 saturated carbocycles. The average molecular weight is 302 g/mol. The molecule has 1 saturated heterocycles. The summed E-state index contributed by atoms with van der Waals surface area (Å²) in [5.74, 6) is 0.714. The van der Waals surface area contributed by atoms with Crippen molar-refractivity contribution in [3.63, 3.8) is 0 Å². The van der Waals surface area contributed by atoms with Crippen molar-refractivity contribution in [2.24, 2.45) is 17.1 Å². The van der Waals surface area contributed by atoms with Crippen LogP contribution in [0.1, 0.15) is 38.2 Å². The lowest BCUT2D eigenvalue weighted by molar-refractivity contribution is 0.0570. The van der Waals surface area contributed by atoms with E-state index >= 15 is 0 Å². The number of rotatable bonds is 2. The highest BCUT2D eigenvalue weighted by Crippen LogP contribution is 2.47. The van der Waals surface area contributed by atoms with Gasteiger partial charge in [0.2, 0.25) is 0 Å². The molecule has 4 heteroatoms. The maximum absolute atomic E-state index is 12.2. The number of piperidine rings is 1. The maximum Gasteiger partial charge on any atom is 0.410 e. The van der Waals surface area contributed by atoms with Gasteiger partial charge >= 0.3 is 6.09 Å². The molecule has 120 valence electrons. The minimum Gasteiger partial charge on any atom is -0.445 e. The normalized spacial score (nSPS) is 27.1. The van der Waals surface area contributed by atoms with Gasteiger partial charge in [0, 0.05) is 19.1 Å². The molecule has 1 aliphatic heterocycles. The van der Waals surface area contributed by atoms with Crippen LogP contribution in [0.25, 0.3) is 0 Å². The van der Waals surface area contributed by atoms with Gasteiger partial charge in [-0.25, -0.2) is 4.79 Å². The number of ether oxygens (including phenoxy) is 1. The van der Waals surface area contributed by atoms with Crippen LogP contribution in [0.4, 0.5) is 4.79 Å². The van der Waals surface area contributed by atoms with Crippen molar-refractivity contribution in [1.29, 1.82) is 0 Å². The molecule has 1 heterocycles. The molecule has 1 aliphatic carbocycles. The van der Waals surface area contributed by atoms with E-state index in [4.69, 9.17) is 10.5 Å². The summed E-state index contributed by atoms with van der Waals surface area (Å²) in [4.78, 5) is 14.0. The van der Waals surface area contributed by atoms with E-state index in [0.29, 0.717) is 18.6 Å². The molecule has 2 atom stereocenters. The Bertz CT molecular complexity index is 509. The quantitative estimate of drug-likeness (QED) is 0.913. The molecule has 3 rings (SSSR count). The molecule has 0 unspecified atom stereocenters. The molecular formula is C18H26N2O2. The van der Waals surface area contributed by atoms with Crippen LogP contribution < -0.4 is 5.73 Å². The van der Waals surface area contributed by atoms with Crippen LogP contribution in [-0.2, 0) is 11.3 Å². The van der Waals surface area contributed by atoms with Crippen molar-refractivity contribution in [3.05, 3.63) is 35.9 Å². The average Bonchev–Trinajstić information content (AvgIpc) is 2.80. The molecule has 1 amide bonds. The van der Waals surface area contributed by atoms with Crippen molar-refractivity contribution >= 4 is 6.09 Å². The Morgan fingerprint density at radius 3 is 2.59 bits per heavy atom. The monoisotopic (exact) mass is 302 g/mol. The van der Waals surface area contributed by atoms with E-state index in [1.54, 1.807) is 0 Å². The second-order valence-electron chi connectivity index (χ2n) is 7.04. The van der Waals surface area contributed by atoms with Gasteiger partial charge in [-0.15, -0.1) is 0 Å². The fraction of sp³-hybridized carbons (Fsp3) is 0.611. The third-order valence-corrected chi connectivity index (χ3v) is 5.42. The first kappa shape index (κ1) is 15.3. The summed E-state index contributed by atoms with van der Waals surface area (Å²) < 4.78 is 5.42. The molecule has 4 nitrogen and oxygen atoms in total. The topological polar surface area (TPSA) is 55.6 Å². The number of carbonyl (C=O) groups excluding carboxylic acids is 1. The van der Waals surface area contributed by atoms with E-state index in [9.17, 15) is 4.79 Å². The number of likely N-dealkylation sites (tertiary alicyclic amines) is 1. The molecule has 1 aromatic rings. The van der Waals surface area contributed by atoms with Crippen LogP contribution in [0, 0.1) is 11.3 Å². The lowest BCUT2D eigenvalue weighted by atomic mass is 9.74. The van der Waals surface area contributed by atoms with Crippen molar-refractivity contribution in [1.82, 2.24) is 4.90 Å². The highest BCUT2D eigenvalue weighted by Gasteiger charge is 2.46. The van der Waals surface area contributed by atoms with E-state index < -0.39 is 0 Å². The summed E-state index contributed by atoms with van der Waals surface area (Å²) >= 11 is 0. The van der Waals surface area contributed by atoms with Crippen molar-refractivity contribution in [2.75, 3.05) is 13.1 Å². The largest absolute Gasteiger partial charge is 0.445 e. The highest BCUT2D eigenvalue weighted by molar-refractivity contribution is 5.67. The van der Waals surface area contributed by atoms with Gasteiger partial charge in [-0.1, -0.05) is 37.3 Å². The fourth-order valence-electron chi connectivity index (χ4n) is 4.13. The highest BCUT2D eigenvalue weighted by atomic mass is 16.6. The second kappa shape index (κ2) is 6.29. The fourth-order valence-corrected chi connectivity index (χ4v) is 4.13. The maximum atomic E-state index is 12.2. The molecular weight excluding hydrogens is 276 g/mol. The van der Waals surface area contributed by atoms with Gasteiger partial charge in [-0.3, -0.25) is 0 Å². The Morgan fingerprint density at radius 1 is 1.32 bits per heavy atom. The third kappa shape index (κ3) is 3.12. The molecule has 1 aromatic carbocycles.